The van der Waals surface area contributed by atoms with E-state index >= 15 is 0 Å². The van der Waals surface area contributed by atoms with Crippen LogP contribution in [0.4, 0.5) is 5.69 Å². The maximum atomic E-state index is 12.6. The second-order valence-electron chi connectivity index (χ2n) is 8.01. The highest BCUT2D eigenvalue weighted by Gasteiger charge is 2.13. The van der Waals surface area contributed by atoms with Crippen molar-refractivity contribution in [3.05, 3.63) is 90.5 Å². The van der Waals surface area contributed by atoms with Crippen molar-refractivity contribution in [1.82, 2.24) is 10.3 Å². The molecule has 4 aromatic carbocycles. The van der Waals surface area contributed by atoms with Gasteiger partial charge < -0.3 is 14.5 Å². The molecule has 0 fully saturated rings. The van der Waals surface area contributed by atoms with Gasteiger partial charge in [-0.15, -0.1) is 0 Å². The summed E-state index contributed by atoms with van der Waals surface area (Å²) in [5.41, 5.74) is 3.45. The molecule has 0 saturated heterocycles. The first-order valence-corrected chi connectivity index (χ1v) is 11.8. The van der Waals surface area contributed by atoms with Gasteiger partial charge in [-0.3, -0.25) is 10.1 Å². The number of benzene rings is 4. The minimum absolute atomic E-state index is 0.187. The van der Waals surface area contributed by atoms with E-state index in [0.29, 0.717) is 40.6 Å². The van der Waals surface area contributed by atoms with Gasteiger partial charge in [0.05, 0.1) is 6.61 Å². The van der Waals surface area contributed by atoms with E-state index in [0.717, 1.165) is 22.8 Å². The number of oxazole rings is 1. The van der Waals surface area contributed by atoms with E-state index in [1.54, 1.807) is 18.2 Å². The maximum absolute atomic E-state index is 12.6. The van der Waals surface area contributed by atoms with Crippen LogP contribution in [-0.4, -0.2) is 22.6 Å². The molecule has 0 atom stereocenters. The van der Waals surface area contributed by atoms with Gasteiger partial charge in [0.25, 0.3) is 5.91 Å². The number of nitrogens with one attached hydrogen (secondary N) is 2. The van der Waals surface area contributed by atoms with Crippen molar-refractivity contribution >= 4 is 50.8 Å². The quantitative estimate of drug-likeness (QED) is 0.267. The van der Waals surface area contributed by atoms with E-state index < -0.39 is 0 Å². The summed E-state index contributed by atoms with van der Waals surface area (Å²) < 4.78 is 11.6. The number of amides is 1. The summed E-state index contributed by atoms with van der Waals surface area (Å²) in [5, 5.41) is 8.15. The Balaban J connectivity index is 1.31. The first-order chi connectivity index (χ1) is 17.1. The van der Waals surface area contributed by atoms with Crippen LogP contribution in [-0.2, 0) is 0 Å². The average Bonchev–Trinajstić information content (AvgIpc) is 3.30. The van der Waals surface area contributed by atoms with Gasteiger partial charge >= 0.3 is 0 Å². The lowest BCUT2D eigenvalue weighted by molar-refractivity contribution is 0.0977. The zero-order valence-corrected chi connectivity index (χ0v) is 19.9. The molecule has 0 saturated carbocycles. The smallest absolute Gasteiger partial charge is 0.257 e. The van der Waals surface area contributed by atoms with Crippen LogP contribution in [0, 0.1) is 0 Å². The van der Waals surface area contributed by atoms with Crippen LogP contribution < -0.4 is 15.4 Å². The van der Waals surface area contributed by atoms with Crippen molar-refractivity contribution in [1.29, 1.82) is 0 Å². The van der Waals surface area contributed by atoms with Crippen molar-refractivity contribution in [3.8, 4) is 17.2 Å². The number of thiocarbonyl (C=S) groups is 1. The first kappa shape index (κ1) is 22.6. The number of carbonyl (C=O) groups is 1. The zero-order chi connectivity index (χ0) is 24.2. The third kappa shape index (κ3) is 5.00. The lowest BCUT2D eigenvalue weighted by Gasteiger charge is -2.10. The van der Waals surface area contributed by atoms with Gasteiger partial charge in [0.1, 0.15) is 11.3 Å². The highest BCUT2D eigenvalue weighted by Crippen LogP contribution is 2.31. The Bertz CT molecular complexity index is 1540. The predicted octanol–water partition coefficient (Wildman–Crippen LogP) is 6.56. The topological polar surface area (TPSA) is 76.4 Å². The monoisotopic (exact) mass is 481 g/mol. The van der Waals surface area contributed by atoms with E-state index in [1.807, 2.05) is 55.5 Å². The number of fused-ring (bicyclic) bond motifs is 2. The van der Waals surface area contributed by atoms with Crippen molar-refractivity contribution in [2.24, 2.45) is 0 Å². The molecule has 0 aliphatic heterocycles. The lowest BCUT2D eigenvalue weighted by Crippen LogP contribution is -2.34. The largest absolute Gasteiger partial charge is 0.494 e. The average molecular weight is 482 g/mol. The van der Waals surface area contributed by atoms with Crippen molar-refractivity contribution in [2.45, 2.75) is 13.3 Å². The van der Waals surface area contributed by atoms with E-state index in [1.165, 1.54) is 0 Å². The summed E-state index contributed by atoms with van der Waals surface area (Å²) in [7, 11) is 0. The summed E-state index contributed by atoms with van der Waals surface area (Å²) in [6, 6.07) is 26.7. The lowest BCUT2D eigenvalue weighted by atomic mass is 10.0. The predicted molar refractivity (Wildman–Crippen MR) is 143 cm³/mol. The second kappa shape index (κ2) is 9.95. The normalized spacial score (nSPS) is 10.9. The summed E-state index contributed by atoms with van der Waals surface area (Å²) >= 11 is 5.35. The number of carbonyl (C=O) groups excluding carboxylic acids is 1. The van der Waals surface area contributed by atoms with Crippen molar-refractivity contribution in [3.63, 3.8) is 0 Å². The molecule has 5 aromatic rings. The molecule has 0 spiro atoms. The fourth-order valence-electron chi connectivity index (χ4n) is 3.82. The molecule has 2 N–H and O–H groups in total. The SMILES string of the molecule is CCCOc1cccc(C(=O)NC(=S)Nc2ccc3oc(-c4cccc5ccccc45)nc3c2)c1. The van der Waals surface area contributed by atoms with Gasteiger partial charge in [-0.05, 0) is 71.9 Å². The molecule has 0 radical (unpaired) electrons. The highest BCUT2D eigenvalue weighted by atomic mass is 32.1. The molecule has 1 heterocycles. The number of rotatable bonds is 6. The van der Waals surface area contributed by atoms with Crippen LogP contribution in [0.15, 0.2) is 89.3 Å². The second-order valence-corrected chi connectivity index (χ2v) is 8.42. The summed E-state index contributed by atoms with van der Waals surface area (Å²) in [6.45, 7) is 2.62. The molecule has 174 valence electrons. The molecule has 1 aromatic heterocycles. The fourth-order valence-corrected chi connectivity index (χ4v) is 4.03. The Morgan fingerprint density at radius 3 is 2.71 bits per heavy atom. The van der Waals surface area contributed by atoms with Gasteiger partial charge in [0.15, 0.2) is 10.7 Å². The minimum atomic E-state index is -0.315. The Morgan fingerprint density at radius 1 is 1.00 bits per heavy atom. The molecule has 0 bridgehead atoms. The highest BCUT2D eigenvalue weighted by molar-refractivity contribution is 7.80. The van der Waals surface area contributed by atoms with Gasteiger partial charge in [-0.2, -0.15) is 0 Å². The molecule has 35 heavy (non-hydrogen) atoms. The van der Waals surface area contributed by atoms with Crippen LogP contribution in [0.5, 0.6) is 5.75 Å². The molecule has 6 nitrogen and oxygen atoms in total. The van der Waals surface area contributed by atoms with Gasteiger partial charge in [0.2, 0.25) is 5.89 Å². The molecule has 5 rings (SSSR count). The Hall–Kier alpha value is -4.23. The van der Waals surface area contributed by atoms with Crippen LogP contribution in [0.3, 0.4) is 0 Å². The van der Waals surface area contributed by atoms with Crippen molar-refractivity contribution in [2.75, 3.05) is 11.9 Å². The first-order valence-electron chi connectivity index (χ1n) is 11.3. The fraction of sp³-hybridized carbons (Fsp3) is 0.107. The number of nitrogens with zero attached hydrogens (tertiary/aromatic N) is 1. The van der Waals surface area contributed by atoms with Crippen LogP contribution in [0.25, 0.3) is 33.3 Å². The Labute approximate surface area is 207 Å². The molecule has 1 amide bonds. The van der Waals surface area contributed by atoms with E-state index in [2.05, 4.69) is 28.8 Å². The Morgan fingerprint density at radius 2 is 1.83 bits per heavy atom. The number of ether oxygens (including phenoxy) is 1. The van der Waals surface area contributed by atoms with Crippen LogP contribution in [0.2, 0.25) is 0 Å². The van der Waals surface area contributed by atoms with Crippen LogP contribution in [0.1, 0.15) is 23.7 Å². The van der Waals surface area contributed by atoms with Gasteiger partial charge in [-0.1, -0.05) is 49.4 Å². The molecular weight excluding hydrogens is 458 g/mol. The third-order valence-corrected chi connectivity index (χ3v) is 5.67. The molecular formula is C28H23N3O3S. The molecule has 0 aliphatic rings. The maximum Gasteiger partial charge on any atom is 0.257 e. The minimum Gasteiger partial charge on any atom is -0.494 e. The summed E-state index contributed by atoms with van der Waals surface area (Å²) in [5.74, 6) is 0.886. The summed E-state index contributed by atoms with van der Waals surface area (Å²) in [6.07, 6.45) is 0.893. The summed E-state index contributed by atoms with van der Waals surface area (Å²) in [4.78, 5) is 17.3. The van der Waals surface area contributed by atoms with Crippen molar-refractivity contribution < 1.29 is 13.9 Å². The van der Waals surface area contributed by atoms with E-state index in [-0.39, 0.29) is 11.0 Å². The number of hydrogen-bond donors (Lipinski definition) is 2. The van der Waals surface area contributed by atoms with E-state index in [4.69, 9.17) is 26.4 Å². The van der Waals surface area contributed by atoms with Gasteiger partial charge in [-0.25, -0.2) is 4.98 Å². The van der Waals surface area contributed by atoms with Crippen LogP contribution >= 0.6 is 12.2 Å². The third-order valence-electron chi connectivity index (χ3n) is 5.46. The van der Waals surface area contributed by atoms with Gasteiger partial charge in [0, 0.05) is 16.8 Å². The molecule has 0 aliphatic carbocycles. The zero-order valence-electron chi connectivity index (χ0n) is 19.1. The molecule has 7 heteroatoms. The number of hydrogen-bond acceptors (Lipinski definition) is 5. The Kier molecular flexibility index (Phi) is 6.41. The van der Waals surface area contributed by atoms with E-state index in [9.17, 15) is 4.79 Å². The number of anilines is 1. The number of aromatic nitrogens is 1. The molecule has 0 unspecified atom stereocenters. The standard InChI is InChI=1S/C28H23N3O3S/c1-2-15-33-21-10-5-9-19(16-21)26(32)31-28(35)29-20-13-14-25-24(17-20)30-27(34-25)23-12-6-8-18-7-3-4-11-22(18)23/h3-14,16-17H,2,15H2,1H3,(H2,29,31,32,35).